The average Bonchev–Trinajstić information content (AvgIpc) is 2.46. The number of benzene rings is 2. The SMILES string of the molecule is Cc1ccc(NC2CCS(=O)(=O)c3ccccc32)cc1O. The highest BCUT2D eigenvalue weighted by molar-refractivity contribution is 7.91. The third-order valence-corrected chi connectivity index (χ3v) is 5.67. The Morgan fingerprint density at radius 1 is 1.19 bits per heavy atom. The summed E-state index contributed by atoms with van der Waals surface area (Å²) in [5.74, 6) is 0.371. The second-order valence-corrected chi connectivity index (χ2v) is 7.42. The maximum Gasteiger partial charge on any atom is 0.178 e. The molecule has 0 saturated heterocycles. The Morgan fingerprint density at radius 3 is 2.71 bits per heavy atom. The molecule has 4 nitrogen and oxygen atoms in total. The summed E-state index contributed by atoms with van der Waals surface area (Å²) < 4.78 is 24.2. The summed E-state index contributed by atoms with van der Waals surface area (Å²) in [5, 5.41) is 13.1. The van der Waals surface area contributed by atoms with Crippen molar-refractivity contribution in [2.24, 2.45) is 0 Å². The van der Waals surface area contributed by atoms with Crippen molar-refractivity contribution in [1.82, 2.24) is 0 Å². The quantitative estimate of drug-likeness (QED) is 0.895. The third kappa shape index (κ3) is 2.61. The number of phenols is 1. The van der Waals surface area contributed by atoms with Crippen LogP contribution in [0.1, 0.15) is 23.6 Å². The van der Waals surface area contributed by atoms with Gasteiger partial charge in [0, 0.05) is 11.8 Å². The number of aromatic hydroxyl groups is 1. The van der Waals surface area contributed by atoms with Crippen molar-refractivity contribution in [2.45, 2.75) is 24.3 Å². The van der Waals surface area contributed by atoms with Crippen LogP contribution in [0.4, 0.5) is 5.69 Å². The number of hydrogen-bond acceptors (Lipinski definition) is 4. The first-order valence-corrected chi connectivity index (χ1v) is 8.50. The predicted molar refractivity (Wildman–Crippen MR) is 82.3 cm³/mol. The fraction of sp³-hybridized carbons (Fsp3) is 0.250. The van der Waals surface area contributed by atoms with Crippen LogP contribution in [0.3, 0.4) is 0 Å². The molecule has 5 heteroatoms. The van der Waals surface area contributed by atoms with E-state index in [0.29, 0.717) is 11.3 Å². The second kappa shape index (κ2) is 5.07. The molecule has 0 bridgehead atoms. The molecule has 2 N–H and O–H groups in total. The lowest BCUT2D eigenvalue weighted by atomic mass is 10.0. The topological polar surface area (TPSA) is 66.4 Å². The van der Waals surface area contributed by atoms with Crippen LogP contribution in [0.5, 0.6) is 5.75 Å². The van der Waals surface area contributed by atoms with E-state index in [1.165, 1.54) is 0 Å². The number of aryl methyl sites for hydroxylation is 1. The van der Waals surface area contributed by atoms with E-state index in [1.807, 2.05) is 31.2 Å². The number of nitrogens with one attached hydrogen (secondary N) is 1. The van der Waals surface area contributed by atoms with Gasteiger partial charge < -0.3 is 10.4 Å². The molecule has 1 atom stereocenters. The second-order valence-electron chi connectivity index (χ2n) is 5.34. The van der Waals surface area contributed by atoms with Crippen LogP contribution in [0.25, 0.3) is 0 Å². The summed E-state index contributed by atoms with van der Waals surface area (Å²) >= 11 is 0. The van der Waals surface area contributed by atoms with Crippen molar-refractivity contribution in [3.05, 3.63) is 53.6 Å². The van der Waals surface area contributed by atoms with Crippen molar-refractivity contribution in [2.75, 3.05) is 11.1 Å². The lowest BCUT2D eigenvalue weighted by Crippen LogP contribution is -2.24. The van der Waals surface area contributed by atoms with Crippen LogP contribution in [0, 0.1) is 6.92 Å². The highest BCUT2D eigenvalue weighted by Gasteiger charge is 2.29. The minimum absolute atomic E-state index is 0.0631. The monoisotopic (exact) mass is 303 g/mol. The van der Waals surface area contributed by atoms with Gasteiger partial charge in [0.1, 0.15) is 5.75 Å². The number of phenolic OH excluding ortho intramolecular Hbond substituents is 1. The van der Waals surface area contributed by atoms with E-state index in [-0.39, 0.29) is 17.5 Å². The largest absolute Gasteiger partial charge is 0.508 e. The van der Waals surface area contributed by atoms with Gasteiger partial charge in [-0.25, -0.2) is 8.42 Å². The smallest absolute Gasteiger partial charge is 0.178 e. The zero-order chi connectivity index (χ0) is 15.0. The summed E-state index contributed by atoms with van der Waals surface area (Å²) in [4.78, 5) is 0.407. The molecule has 110 valence electrons. The Hall–Kier alpha value is -2.01. The zero-order valence-electron chi connectivity index (χ0n) is 11.7. The molecule has 0 aliphatic carbocycles. The van der Waals surface area contributed by atoms with Gasteiger partial charge in [-0.3, -0.25) is 0 Å². The highest BCUT2D eigenvalue weighted by Crippen LogP contribution is 2.35. The minimum atomic E-state index is -3.17. The van der Waals surface area contributed by atoms with Crippen molar-refractivity contribution >= 4 is 15.5 Å². The van der Waals surface area contributed by atoms with Crippen LogP contribution in [0.15, 0.2) is 47.4 Å². The Kier molecular flexibility index (Phi) is 3.37. The van der Waals surface area contributed by atoms with E-state index in [4.69, 9.17) is 0 Å². The molecule has 2 aromatic carbocycles. The normalized spacial score (nSPS) is 19.8. The van der Waals surface area contributed by atoms with Gasteiger partial charge in [-0.15, -0.1) is 0 Å². The van der Waals surface area contributed by atoms with Gasteiger partial charge in [0.25, 0.3) is 0 Å². The molecule has 0 fully saturated rings. The molecule has 1 heterocycles. The summed E-state index contributed by atoms with van der Waals surface area (Å²) in [6.45, 7) is 1.83. The van der Waals surface area contributed by atoms with Crippen LogP contribution >= 0.6 is 0 Å². The molecule has 0 spiro atoms. The average molecular weight is 303 g/mol. The third-order valence-electron chi connectivity index (χ3n) is 3.85. The van der Waals surface area contributed by atoms with E-state index in [1.54, 1.807) is 18.2 Å². The minimum Gasteiger partial charge on any atom is -0.508 e. The lowest BCUT2D eigenvalue weighted by Gasteiger charge is -2.27. The van der Waals surface area contributed by atoms with E-state index >= 15 is 0 Å². The van der Waals surface area contributed by atoms with Crippen molar-refractivity contribution in [3.8, 4) is 5.75 Å². The van der Waals surface area contributed by atoms with Crippen LogP contribution < -0.4 is 5.32 Å². The van der Waals surface area contributed by atoms with Crippen LogP contribution in [-0.2, 0) is 9.84 Å². The fourth-order valence-electron chi connectivity index (χ4n) is 2.64. The Labute approximate surface area is 124 Å². The summed E-state index contributed by atoms with van der Waals surface area (Å²) in [5.41, 5.74) is 2.40. The Morgan fingerprint density at radius 2 is 1.95 bits per heavy atom. The summed E-state index contributed by atoms with van der Waals surface area (Å²) in [6, 6.07) is 12.4. The number of hydrogen-bond donors (Lipinski definition) is 2. The van der Waals surface area contributed by atoms with E-state index in [0.717, 1.165) is 16.8 Å². The molecule has 0 saturated carbocycles. The first-order valence-electron chi connectivity index (χ1n) is 6.85. The van der Waals surface area contributed by atoms with Gasteiger partial charge in [0.05, 0.1) is 16.7 Å². The van der Waals surface area contributed by atoms with Crippen molar-refractivity contribution < 1.29 is 13.5 Å². The van der Waals surface area contributed by atoms with Gasteiger partial charge in [0.2, 0.25) is 0 Å². The van der Waals surface area contributed by atoms with E-state index in [9.17, 15) is 13.5 Å². The molecular formula is C16H17NO3S. The number of rotatable bonds is 2. The molecule has 0 aromatic heterocycles. The van der Waals surface area contributed by atoms with Gasteiger partial charge in [-0.05, 0) is 36.6 Å². The fourth-order valence-corrected chi connectivity index (χ4v) is 4.26. The zero-order valence-corrected chi connectivity index (χ0v) is 12.5. The van der Waals surface area contributed by atoms with Crippen LogP contribution in [-0.4, -0.2) is 19.3 Å². The Bertz CT molecular complexity index is 784. The molecule has 1 unspecified atom stereocenters. The van der Waals surface area contributed by atoms with Gasteiger partial charge in [0.15, 0.2) is 9.84 Å². The van der Waals surface area contributed by atoms with Gasteiger partial charge >= 0.3 is 0 Å². The molecule has 1 aliphatic rings. The molecular weight excluding hydrogens is 286 g/mol. The van der Waals surface area contributed by atoms with Gasteiger partial charge in [-0.2, -0.15) is 0 Å². The standard InChI is InChI=1S/C16H17NO3S/c1-11-6-7-12(10-15(11)18)17-14-8-9-21(19,20)16-5-3-2-4-13(14)16/h2-7,10,14,17-18H,8-9H2,1H3. The van der Waals surface area contributed by atoms with Gasteiger partial charge in [-0.1, -0.05) is 24.3 Å². The molecule has 0 radical (unpaired) electrons. The first kappa shape index (κ1) is 13.9. The Balaban J connectivity index is 1.95. The summed E-state index contributed by atoms with van der Waals surface area (Å²) in [6.07, 6.45) is 0.522. The molecule has 21 heavy (non-hydrogen) atoms. The van der Waals surface area contributed by atoms with Crippen LogP contribution in [0.2, 0.25) is 0 Å². The predicted octanol–water partition coefficient (Wildman–Crippen LogP) is 3.03. The van der Waals surface area contributed by atoms with Crippen molar-refractivity contribution in [3.63, 3.8) is 0 Å². The number of anilines is 1. The van der Waals surface area contributed by atoms with E-state index in [2.05, 4.69) is 5.32 Å². The lowest BCUT2D eigenvalue weighted by molar-refractivity contribution is 0.471. The molecule has 0 amide bonds. The van der Waals surface area contributed by atoms with Crippen molar-refractivity contribution in [1.29, 1.82) is 0 Å². The molecule has 1 aliphatic heterocycles. The van der Waals surface area contributed by atoms with E-state index < -0.39 is 9.84 Å². The maximum atomic E-state index is 12.1. The molecule has 2 aromatic rings. The number of fused-ring (bicyclic) bond motifs is 1. The highest BCUT2D eigenvalue weighted by atomic mass is 32.2. The number of sulfone groups is 1. The summed E-state index contributed by atoms with van der Waals surface area (Å²) in [7, 11) is -3.17. The first-order chi connectivity index (χ1) is 9.97. The molecule has 3 rings (SSSR count). The maximum absolute atomic E-state index is 12.1.